The summed E-state index contributed by atoms with van der Waals surface area (Å²) in [4.78, 5) is 22.3. The van der Waals surface area contributed by atoms with Crippen LogP contribution in [0, 0.1) is 6.92 Å². The zero-order valence-corrected chi connectivity index (χ0v) is 10.7. The van der Waals surface area contributed by atoms with Crippen LogP contribution >= 0.6 is 11.3 Å². The van der Waals surface area contributed by atoms with Crippen LogP contribution in [0.5, 0.6) is 0 Å². The quantitative estimate of drug-likeness (QED) is 0.854. The number of β-amino-alcohol motifs (C(OH)–C–C–N with tert-alkyl or cyclic N) is 1. The van der Waals surface area contributed by atoms with Crippen molar-refractivity contribution in [3.8, 4) is 0 Å². The average molecular weight is 267 g/mol. The molecule has 2 aromatic rings. The summed E-state index contributed by atoms with van der Waals surface area (Å²) in [7, 11) is 0. The number of hydrogen-bond acceptors (Lipinski definition) is 5. The third-order valence-corrected chi connectivity index (χ3v) is 3.70. The Morgan fingerprint density at radius 1 is 1.72 bits per heavy atom. The number of hydrogen-bond donors (Lipinski definition) is 1. The van der Waals surface area contributed by atoms with Crippen LogP contribution in [0.15, 0.2) is 11.6 Å². The molecule has 0 radical (unpaired) electrons. The third kappa shape index (κ3) is 2.00. The maximum atomic E-state index is 12.0. The number of aromatic nitrogens is 2. The second-order valence-electron chi connectivity index (χ2n) is 4.34. The zero-order valence-electron chi connectivity index (χ0n) is 9.87. The molecule has 6 nitrogen and oxygen atoms in total. The van der Waals surface area contributed by atoms with Crippen molar-refractivity contribution in [1.29, 1.82) is 0 Å². The van der Waals surface area contributed by atoms with E-state index < -0.39 is 6.10 Å². The Labute approximate surface area is 107 Å². The summed E-state index contributed by atoms with van der Waals surface area (Å²) >= 11 is 1.51. The van der Waals surface area contributed by atoms with E-state index >= 15 is 0 Å². The zero-order chi connectivity index (χ0) is 12.7. The summed E-state index contributed by atoms with van der Waals surface area (Å²) in [6.45, 7) is 2.36. The van der Waals surface area contributed by atoms with Gasteiger partial charge in [0.1, 0.15) is 6.61 Å². The van der Waals surface area contributed by atoms with Crippen molar-refractivity contribution < 1.29 is 14.7 Å². The molecule has 0 saturated carbocycles. The minimum absolute atomic E-state index is 0.141. The highest BCUT2D eigenvalue weighted by Gasteiger charge is 2.26. The van der Waals surface area contributed by atoms with E-state index in [0.717, 1.165) is 16.3 Å². The van der Waals surface area contributed by atoms with E-state index in [4.69, 9.17) is 4.84 Å². The highest BCUT2D eigenvalue weighted by Crippen LogP contribution is 2.18. The molecule has 1 aliphatic rings. The Kier molecular flexibility index (Phi) is 2.81. The van der Waals surface area contributed by atoms with Gasteiger partial charge in [-0.3, -0.25) is 14.0 Å². The van der Waals surface area contributed by atoms with Gasteiger partial charge in [-0.25, -0.2) is 10.0 Å². The minimum atomic E-state index is -0.577. The Morgan fingerprint density at radius 3 is 3.28 bits per heavy atom. The monoisotopic (exact) mass is 267 g/mol. The van der Waals surface area contributed by atoms with E-state index in [2.05, 4.69) is 4.98 Å². The fraction of sp³-hybridized carbons (Fsp3) is 0.455. The van der Waals surface area contributed by atoms with E-state index in [0.29, 0.717) is 0 Å². The number of aryl methyl sites for hydroxylation is 1. The van der Waals surface area contributed by atoms with E-state index in [1.807, 2.05) is 22.9 Å². The molecule has 2 aromatic heterocycles. The lowest BCUT2D eigenvalue weighted by atomic mass is 10.3. The fourth-order valence-corrected chi connectivity index (χ4v) is 2.88. The Hall–Kier alpha value is -1.44. The molecule has 0 spiro atoms. The topological polar surface area (TPSA) is 67.1 Å². The van der Waals surface area contributed by atoms with Crippen molar-refractivity contribution in [2.45, 2.75) is 19.4 Å². The van der Waals surface area contributed by atoms with Crippen LogP contribution in [0.2, 0.25) is 0 Å². The molecule has 1 atom stereocenters. The molecule has 7 heteroatoms. The Bertz CT molecular complexity index is 591. The Balaban J connectivity index is 1.77. The number of thiazole rings is 1. The van der Waals surface area contributed by atoms with Crippen LogP contribution in [-0.2, 0) is 16.1 Å². The summed E-state index contributed by atoms with van der Waals surface area (Å²) in [5.41, 5.74) is 1.83. The molecule has 0 bridgehead atoms. The largest absolute Gasteiger partial charge is 0.389 e. The van der Waals surface area contributed by atoms with Crippen LogP contribution < -0.4 is 0 Å². The van der Waals surface area contributed by atoms with Gasteiger partial charge in [0.2, 0.25) is 0 Å². The average Bonchev–Trinajstić information content (AvgIpc) is 2.97. The molecule has 96 valence electrons. The van der Waals surface area contributed by atoms with Crippen molar-refractivity contribution in [2.24, 2.45) is 0 Å². The SMILES string of the molecule is Cc1cn2c(CC(=O)N3CC(O)CO3)csc2n1. The third-order valence-electron chi connectivity index (χ3n) is 2.81. The number of nitrogens with zero attached hydrogens (tertiary/aromatic N) is 3. The molecule has 1 amide bonds. The van der Waals surface area contributed by atoms with Crippen LogP contribution in [0.3, 0.4) is 0 Å². The number of aliphatic hydroxyl groups is 1. The first-order valence-corrected chi connectivity index (χ1v) is 6.55. The van der Waals surface area contributed by atoms with Gasteiger partial charge < -0.3 is 5.11 Å². The molecular formula is C11H13N3O3S. The molecule has 1 unspecified atom stereocenters. The number of carbonyl (C=O) groups excluding carboxylic acids is 1. The lowest BCUT2D eigenvalue weighted by Gasteiger charge is -2.12. The molecule has 18 heavy (non-hydrogen) atoms. The van der Waals surface area contributed by atoms with E-state index in [1.165, 1.54) is 16.4 Å². The van der Waals surface area contributed by atoms with E-state index in [9.17, 15) is 9.90 Å². The second-order valence-corrected chi connectivity index (χ2v) is 5.18. The van der Waals surface area contributed by atoms with Gasteiger partial charge in [-0.2, -0.15) is 0 Å². The lowest BCUT2D eigenvalue weighted by Crippen LogP contribution is -2.30. The Morgan fingerprint density at radius 2 is 2.56 bits per heavy atom. The van der Waals surface area contributed by atoms with Gasteiger partial charge in [0, 0.05) is 17.3 Å². The number of hydroxylamine groups is 2. The number of aliphatic hydroxyl groups excluding tert-OH is 1. The lowest BCUT2D eigenvalue weighted by molar-refractivity contribution is -0.168. The summed E-state index contributed by atoms with van der Waals surface area (Å²) in [6.07, 6.45) is 1.59. The van der Waals surface area contributed by atoms with Crippen LogP contribution in [-0.4, -0.2) is 44.7 Å². The highest BCUT2D eigenvalue weighted by atomic mass is 32.1. The van der Waals surface area contributed by atoms with Gasteiger partial charge in [0.15, 0.2) is 4.96 Å². The normalized spacial score (nSPS) is 19.9. The van der Waals surface area contributed by atoms with Gasteiger partial charge in [-0.05, 0) is 6.92 Å². The summed E-state index contributed by atoms with van der Waals surface area (Å²) in [5.74, 6) is -0.141. The summed E-state index contributed by atoms with van der Waals surface area (Å²) < 4.78 is 1.92. The van der Waals surface area contributed by atoms with Gasteiger partial charge in [0.05, 0.1) is 24.8 Å². The first kappa shape index (κ1) is 11.6. The van der Waals surface area contributed by atoms with Gasteiger partial charge in [0.25, 0.3) is 5.91 Å². The first-order chi connectivity index (χ1) is 8.63. The van der Waals surface area contributed by atoms with E-state index in [1.54, 1.807) is 0 Å². The van der Waals surface area contributed by atoms with Crippen LogP contribution in [0.4, 0.5) is 0 Å². The van der Waals surface area contributed by atoms with Gasteiger partial charge in [-0.1, -0.05) is 0 Å². The highest BCUT2D eigenvalue weighted by molar-refractivity contribution is 7.15. The van der Waals surface area contributed by atoms with Crippen LogP contribution in [0.25, 0.3) is 4.96 Å². The molecular weight excluding hydrogens is 254 g/mol. The molecule has 1 N–H and O–H groups in total. The standard InChI is InChI=1S/C11H13N3O3S/c1-7-3-13-8(6-18-11(13)12-7)2-10(16)14-4-9(15)5-17-14/h3,6,9,15H,2,4-5H2,1H3. The fourth-order valence-electron chi connectivity index (χ4n) is 1.96. The first-order valence-electron chi connectivity index (χ1n) is 5.67. The number of amides is 1. The molecule has 0 aliphatic carbocycles. The van der Waals surface area contributed by atoms with Crippen molar-refractivity contribution in [3.63, 3.8) is 0 Å². The second kappa shape index (κ2) is 4.34. The van der Waals surface area contributed by atoms with Gasteiger partial charge >= 0.3 is 0 Å². The minimum Gasteiger partial charge on any atom is -0.389 e. The molecule has 0 aromatic carbocycles. The van der Waals surface area contributed by atoms with E-state index in [-0.39, 0.29) is 25.5 Å². The summed E-state index contributed by atoms with van der Waals surface area (Å²) in [5, 5.41) is 12.5. The molecule has 3 rings (SSSR count). The van der Waals surface area contributed by atoms with Crippen molar-refractivity contribution >= 4 is 22.2 Å². The van der Waals surface area contributed by atoms with Crippen molar-refractivity contribution in [2.75, 3.05) is 13.2 Å². The molecule has 1 saturated heterocycles. The maximum absolute atomic E-state index is 12.0. The smallest absolute Gasteiger partial charge is 0.252 e. The van der Waals surface area contributed by atoms with Crippen molar-refractivity contribution in [3.05, 3.63) is 23.0 Å². The predicted molar refractivity (Wildman–Crippen MR) is 65.2 cm³/mol. The summed E-state index contributed by atoms with van der Waals surface area (Å²) in [6, 6.07) is 0. The van der Waals surface area contributed by atoms with Gasteiger partial charge in [-0.15, -0.1) is 11.3 Å². The molecule has 3 heterocycles. The number of carbonyl (C=O) groups is 1. The number of imidazole rings is 1. The molecule has 1 aliphatic heterocycles. The number of rotatable bonds is 2. The molecule has 1 fully saturated rings. The van der Waals surface area contributed by atoms with Crippen molar-refractivity contribution in [1.82, 2.24) is 14.4 Å². The maximum Gasteiger partial charge on any atom is 0.252 e. The number of fused-ring (bicyclic) bond motifs is 1. The van der Waals surface area contributed by atoms with Crippen LogP contribution in [0.1, 0.15) is 11.4 Å². The predicted octanol–water partition coefficient (Wildman–Crippen LogP) is 0.381.